The highest BCUT2D eigenvalue weighted by molar-refractivity contribution is 7.89. The lowest BCUT2D eigenvalue weighted by molar-refractivity contribution is -0.137. The van der Waals surface area contributed by atoms with E-state index >= 15 is 0 Å². The maximum atomic E-state index is 13.2. The first-order valence-corrected chi connectivity index (χ1v) is 11.5. The Morgan fingerprint density at radius 3 is 2.04 bits per heavy atom. The van der Waals surface area contributed by atoms with E-state index < -0.39 is 10.0 Å². The summed E-state index contributed by atoms with van der Waals surface area (Å²) in [6, 6.07) is 4.22. The molecule has 1 heterocycles. The Kier molecular flexibility index (Phi) is 5.96. The van der Waals surface area contributed by atoms with Crippen molar-refractivity contribution in [2.45, 2.75) is 70.2 Å². The van der Waals surface area contributed by atoms with Gasteiger partial charge in [0.25, 0.3) is 0 Å². The Morgan fingerprint density at radius 2 is 1.52 bits per heavy atom. The second-order valence-electron chi connectivity index (χ2n) is 8.29. The van der Waals surface area contributed by atoms with Crippen LogP contribution in [-0.4, -0.2) is 49.7 Å². The zero-order valence-corrected chi connectivity index (χ0v) is 17.8. The van der Waals surface area contributed by atoms with Crippen molar-refractivity contribution >= 4 is 15.9 Å². The summed E-state index contributed by atoms with van der Waals surface area (Å²) in [6.45, 7) is 6.54. The molecule has 27 heavy (non-hydrogen) atoms. The topological polar surface area (TPSA) is 57.7 Å². The van der Waals surface area contributed by atoms with Gasteiger partial charge >= 0.3 is 0 Å². The molecule has 1 aromatic carbocycles. The van der Waals surface area contributed by atoms with Gasteiger partial charge in [-0.15, -0.1) is 0 Å². The lowest BCUT2D eigenvalue weighted by Gasteiger charge is -2.34. The molecule has 150 valence electrons. The Balaban J connectivity index is 1.69. The van der Waals surface area contributed by atoms with Gasteiger partial charge in [-0.3, -0.25) is 4.79 Å². The molecule has 6 heteroatoms. The van der Waals surface area contributed by atoms with Crippen molar-refractivity contribution < 1.29 is 13.2 Å². The first-order chi connectivity index (χ1) is 12.7. The average molecular weight is 393 g/mol. The number of carbonyl (C=O) groups excluding carboxylic acids is 1. The van der Waals surface area contributed by atoms with Crippen molar-refractivity contribution in [2.24, 2.45) is 5.92 Å². The standard InChI is InChI=1S/C21H32N2O3S/c1-15-13-16(2)20(17(3)14-15)27(25,26)23-11-9-18(10-12-23)21(24)22(4)19-7-5-6-8-19/h13-14,18-19H,5-12H2,1-4H3. The predicted molar refractivity (Wildman–Crippen MR) is 107 cm³/mol. The molecular weight excluding hydrogens is 360 g/mol. The molecule has 0 N–H and O–H groups in total. The zero-order valence-electron chi connectivity index (χ0n) is 17.0. The van der Waals surface area contributed by atoms with Gasteiger partial charge in [0.1, 0.15) is 0 Å². The first-order valence-electron chi connectivity index (χ1n) is 10.1. The first kappa shape index (κ1) is 20.3. The van der Waals surface area contributed by atoms with Gasteiger partial charge in [0, 0.05) is 32.1 Å². The van der Waals surface area contributed by atoms with E-state index in [1.54, 1.807) is 4.31 Å². The fourth-order valence-electron chi connectivity index (χ4n) is 4.81. The van der Waals surface area contributed by atoms with Crippen LogP contribution in [0.1, 0.15) is 55.2 Å². The monoisotopic (exact) mass is 392 g/mol. The van der Waals surface area contributed by atoms with Gasteiger partial charge in [-0.2, -0.15) is 4.31 Å². The minimum absolute atomic E-state index is 0.0535. The number of rotatable bonds is 4. The molecule has 1 amide bonds. The van der Waals surface area contributed by atoms with Gasteiger partial charge < -0.3 is 4.90 Å². The van der Waals surface area contributed by atoms with Crippen molar-refractivity contribution in [3.05, 3.63) is 28.8 Å². The van der Waals surface area contributed by atoms with Crippen LogP contribution in [0.2, 0.25) is 0 Å². The number of benzene rings is 1. The predicted octanol–water partition coefficient (Wildman–Crippen LogP) is 3.41. The number of hydrogen-bond donors (Lipinski definition) is 0. The van der Waals surface area contributed by atoms with Crippen molar-refractivity contribution in [3.8, 4) is 0 Å². The van der Waals surface area contributed by atoms with Crippen molar-refractivity contribution in [2.75, 3.05) is 20.1 Å². The SMILES string of the molecule is Cc1cc(C)c(S(=O)(=O)N2CCC(C(=O)N(C)C3CCCC3)CC2)c(C)c1. The van der Waals surface area contributed by atoms with Crippen LogP contribution in [0.4, 0.5) is 0 Å². The quantitative estimate of drug-likeness (QED) is 0.789. The lowest BCUT2D eigenvalue weighted by atomic mass is 9.96. The van der Waals surface area contributed by atoms with Crippen LogP contribution >= 0.6 is 0 Å². The van der Waals surface area contributed by atoms with Gasteiger partial charge in [0.15, 0.2) is 0 Å². The number of piperidine rings is 1. The van der Waals surface area contributed by atoms with E-state index in [1.165, 1.54) is 12.8 Å². The van der Waals surface area contributed by atoms with E-state index in [2.05, 4.69) is 0 Å². The molecule has 1 saturated carbocycles. The van der Waals surface area contributed by atoms with Crippen LogP contribution in [0.15, 0.2) is 17.0 Å². The number of amides is 1. The number of nitrogens with zero attached hydrogens (tertiary/aromatic N) is 2. The van der Waals surface area contributed by atoms with Crippen LogP contribution in [-0.2, 0) is 14.8 Å². The Bertz CT molecular complexity index is 782. The third-order valence-corrected chi connectivity index (χ3v) is 8.43. The summed E-state index contributed by atoms with van der Waals surface area (Å²) in [5, 5.41) is 0. The molecule has 1 saturated heterocycles. The second-order valence-corrected chi connectivity index (χ2v) is 10.2. The summed E-state index contributed by atoms with van der Waals surface area (Å²) < 4.78 is 27.9. The number of sulfonamides is 1. The van der Waals surface area contributed by atoms with Gasteiger partial charge in [0.2, 0.25) is 15.9 Å². The maximum Gasteiger partial charge on any atom is 0.243 e. The van der Waals surface area contributed by atoms with E-state index in [0.717, 1.165) is 29.5 Å². The highest BCUT2D eigenvalue weighted by Crippen LogP contribution is 2.30. The second kappa shape index (κ2) is 7.92. The third kappa shape index (κ3) is 4.06. The molecular formula is C21H32N2O3S. The van der Waals surface area contributed by atoms with E-state index in [4.69, 9.17) is 0 Å². The molecule has 0 spiro atoms. The number of carbonyl (C=O) groups is 1. The molecule has 0 bridgehead atoms. The summed E-state index contributed by atoms with van der Waals surface area (Å²) >= 11 is 0. The van der Waals surface area contributed by atoms with Crippen LogP contribution < -0.4 is 0 Å². The third-order valence-electron chi connectivity index (χ3n) is 6.23. The Morgan fingerprint density at radius 1 is 1.00 bits per heavy atom. The smallest absolute Gasteiger partial charge is 0.243 e. The van der Waals surface area contributed by atoms with E-state index in [9.17, 15) is 13.2 Å². The largest absolute Gasteiger partial charge is 0.343 e. The van der Waals surface area contributed by atoms with Crippen LogP contribution in [0, 0.1) is 26.7 Å². The molecule has 2 aliphatic rings. The van der Waals surface area contributed by atoms with Crippen molar-refractivity contribution in [1.82, 2.24) is 9.21 Å². The molecule has 1 aliphatic carbocycles. The summed E-state index contributed by atoms with van der Waals surface area (Å²) in [5.41, 5.74) is 2.67. The summed E-state index contributed by atoms with van der Waals surface area (Å²) in [7, 11) is -1.60. The van der Waals surface area contributed by atoms with Crippen molar-refractivity contribution in [3.63, 3.8) is 0 Å². The Labute approximate surface area is 163 Å². The number of hydrogen-bond acceptors (Lipinski definition) is 3. The van der Waals surface area contributed by atoms with Crippen LogP contribution in [0.5, 0.6) is 0 Å². The molecule has 5 nitrogen and oxygen atoms in total. The molecule has 0 aromatic heterocycles. The minimum Gasteiger partial charge on any atom is -0.343 e. The molecule has 1 aromatic rings. The molecule has 0 unspecified atom stereocenters. The zero-order chi connectivity index (χ0) is 19.8. The maximum absolute atomic E-state index is 13.2. The van der Waals surface area contributed by atoms with Gasteiger partial charge in [-0.05, 0) is 57.6 Å². The molecule has 0 radical (unpaired) electrons. The molecule has 0 atom stereocenters. The summed E-state index contributed by atoms with van der Waals surface area (Å²) in [6.07, 6.45) is 5.82. The normalized spacial score (nSPS) is 20.1. The highest BCUT2D eigenvalue weighted by Gasteiger charge is 2.36. The van der Waals surface area contributed by atoms with Crippen LogP contribution in [0.25, 0.3) is 0 Å². The molecule has 1 aliphatic heterocycles. The van der Waals surface area contributed by atoms with Gasteiger partial charge in [-0.1, -0.05) is 30.5 Å². The Hall–Kier alpha value is -1.40. The van der Waals surface area contributed by atoms with Crippen LogP contribution in [0.3, 0.4) is 0 Å². The summed E-state index contributed by atoms with van der Waals surface area (Å²) in [5.74, 6) is 0.143. The fourth-order valence-corrected chi connectivity index (χ4v) is 6.69. The van der Waals surface area contributed by atoms with E-state index in [-0.39, 0.29) is 11.8 Å². The van der Waals surface area contributed by atoms with Crippen molar-refractivity contribution in [1.29, 1.82) is 0 Å². The van der Waals surface area contributed by atoms with E-state index in [0.29, 0.717) is 36.9 Å². The minimum atomic E-state index is -3.52. The molecule has 2 fully saturated rings. The van der Waals surface area contributed by atoms with E-state index in [1.807, 2.05) is 44.9 Å². The highest BCUT2D eigenvalue weighted by atomic mass is 32.2. The summed E-state index contributed by atoms with van der Waals surface area (Å²) in [4.78, 5) is 15.2. The lowest BCUT2D eigenvalue weighted by Crippen LogP contribution is -2.45. The van der Waals surface area contributed by atoms with Gasteiger partial charge in [-0.25, -0.2) is 8.42 Å². The number of aryl methyl sites for hydroxylation is 3. The average Bonchev–Trinajstić information content (AvgIpc) is 3.14. The fraction of sp³-hybridized carbons (Fsp3) is 0.667. The molecule has 3 rings (SSSR count). The van der Waals surface area contributed by atoms with Gasteiger partial charge in [0.05, 0.1) is 4.90 Å².